The first-order valence-electron chi connectivity index (χ1n) is 20.7. The number of nitrogens with two attached hydrogens (primary N) is 2. The largest absolute Gasteiger partial charge is 0.481 e. The molecule has 27 heteroatoms. The van der Waals surface area contributed by atoms with Gasteiger partial charge in [-0.05, 0) is 72.3 Å². The summed E-state index contributed by atoms with van der Waals surface area (Å²) in [6, 6.07) is -10.9. The zero-order valence-electron chi connectivity index (χ0n) is 35.8. The fourth-order valence-electron chi connectivity index (χ4n) is 6.67. The van der Waals surface area contributed by atoms with Gasteiger partial charge in [0.25, 0.3) is 0 Å². The van der Waals surface area contributed by atoms with Gasteiger partial charge in [-0.3, -0.25) is 48.1 Å². The first-order chi connectivity index (χ1) is 30.1. The molecule has 2 heterocycles. The second kappa shape index (κ2) is 26.4. The average molecular weight is 915 g/mol. The predicted molar refractivity (Wildman–Crippen MR) is 221 cm³/mol. The van der Waals surface area contributed by atoms with E-state index in [1.165, 1.54) is 18.7 Å². The first-order valence-corrected chi connectivity index (χ1v) is 20.7. The Balaban J connectivity index is 2.07. The molecular formula is C37H62N12O15. The number of aliphatic hydroxyl groups excluding tert-OH is 3. The third-order valence-corrected chi connectivity index (χ3v) is 10.2. The number of rotatable bonds is 26. The van der Waals surface area contributed by atoms with Gasteiger partial charge in [-0.2, -0.15) is 0 Å². The van der Waals surface area contributed by atoms with Crippen molar-refractivity contribution < 1.29 is 73.5 Å². The van der Waals surface area contributed by atoms with Crippen LogP contribution in [0, 0.1) is 0 Å². The van der Waals surface area contributed by atoms with Gasteiger partial charge in [-0.25, -0.2) is 4.79 Å². The molecule has 0 spiro atoms. The molecule has 0 saturated carbocycles. The van der Waals surface area contributed by atoms with Crippen molar-refractivity contribution in [3.8, 4) is 0 Å². The maximum atomic E-state index is 13.3. The Hall–Kier alpha value is -6.19. The average Bonchev–Trinajstić information content (AvgIpc) is 3.95. The maximum absolute atomic E-state index is 13.3. The number of hydrogen-bond acceptors (Lipinski definition) is 15. The second-order valence-corrected chi connectivity index (χ2v) is 15.4. The van der Waals surface area contributed by atoms with E-state index in [4.69, 9.17) is 11.5 Å². The number of carbonyl (C=O) groups is 10. The van der Waals surface area contributed by atoms with E-state index in [0.29, 0.717) is 32.4 Å². The number of hydrogen-bond donors (Lipinski definition) is 15. The summed E-state index contributed by atoms with van der Waals surface area (Å²) in [4.78, 5) is 133. The lowest BCUT2D eigenvalue weighted by molar-refractivity contribution is -0.143. The fourth-order valence-corrected chi connectivity index (χ4v) is 6.67. The molecule has 2 rings (SSSR count). The van der Waals surface area contributed by atoms with Crippen LogP contribution in [0.15, 0.2) is 4.99 Å². The van der Waals surface area contributed by atoms with E-state index >= 15 is 0 Å². The van der Waals surface area contributed by atoms with E-state index in [1.54, 1.807) is 0 Å². The van der Waals surface area contributed by atoms with Crippen molar-refractivity contribution in [2.24, 2.45) is 16.5 Å². The molecule has 0 aromatic heterocycles. The molecule has 0 aliphatic carbocycles. The lowest BCUT2D eigenvalue weighted by atomic mass is 10.1. The van der Waals surface area contributed by atoms with Crippen molar-refractivity contribution in [1.29, 1.82) is 0 Å². The van der Waals surface area contributed by atoms with Crippen LogP contribution in [-0.4, -0.2) is 189 Å². The zero-order chi connectivity index (χ0) is 48.3. The van der Waals surface area contributed by atoms with Crippen LogP contribution in [-0.2, 0) is 47.9 Å². The Morgan fingerprint density at radius 2 is 1.34 bits per heavy atom. The number of amides is 8. The summed E-state index contributed by atoms with van der Waals surface area (Å²) in [6.07, 6.45) is -2.05. The Labute approximate surface area is 367 Å². The summed E-state index contributed by atoms with van der Waals surface area (Å²) in [5.74, 6) is -10.4. The molecule has 17 N–H and O–H groups in total. The second-order valence-electron chi connectivity index (χ2n) is 15.4. The molecule has 0 unspecified atom stereocenters. The zero-order valence-corrected chi connectivity index (χ0v) is 35.8. The van der Waals surface area contributed by atoms with Crippen molar-refractivity contribution in [2.75, 3.05) is 32.8 Å². The fraction of sp³-hybridized carbons (Fsp3) is 0.703. The SMILES string of the molecule is C[C@H](NC(=O)[C@H](CCC(=O)O)NC(=O)CNC(=O)[C@@H](NC(=O)[C@@H](NC(=O)[C@@H]1CCCN1C(=O)[C@@H]1CCCN1)[C@@H](C)O)[C@@H](C)O)C(=O)N[C@@H](CCCN=C(N)N)C(=O)N[C@@H](CO)C(=O)O. The van der Waals surface area contributed by atoms with E-state index in [0.717, 1.165) is 13.3 Å². The van der Waals surface area contributed by atoms with Crippen LogP contribution in [0.2, 0.25) is 0 Å². The third-order valence-electron chi connectivity index (χ3n) is 10.2. The molecule has 8 amide bonds. The summed E-state index contributed by atoms with van der Waals surface area (Å²) in [6.45, 7) is 2.65. The highest BCUT2D eigenvalue weighted by atomic mass is 16.4. The van der Waals surface area contributed by atoms with Gasteiger partial charge >= 0.3 is 11.9 Å². The number of aliphatic carboxylic acids is 2. The highest BCUT2D eigenvalue weighted by Gasteiger charge is 2.40. The molecule has 10 atom stereocenters. The maximum Gasteiger partial charge on any atom is 0.328 e. The summed E-state index contributed by atoms with van der Waals surface area (Å²) in [7, 11) is 0. The number of aliphatic imine (C=N–C) groups is 1. The monoisotopic (exact) mass is 914 g/mol. The minimum atomic E-state index is -1.75. The Bertz CT molecular complexity index is 1720. The number of carboxylic acids is 2. The van der Waals surface area contributed by atoms with Crippen molar-refractivity contribution in [1.82, 2.24) is 47.4 Å². The van der Waals surface area contributed by atoms with E-state index in [1.807, 2.05) is 0 Å². The van der Waals surface area contributed by atoms with Crippen molar-refractivity contribution in [3.05, 3.63) is 0 Å². The summed E-state index contributed by atoms with van der Waals surface area (Å²) < 4.78 is 0. The highest BCUT2D eigenvalue weighted by molar-refractivity contribution is 5.97. The van der Waals surface area contributed by atoms with Gasteiger partial charge < -0.3 is 84.4 Å². The molecule has 2 saturated heterocycles. The summed E-state index contributed by atoms with van der Waals surface area (Å²) in [5, 5.41) is 67.4. The van der Waals surface area contributed by atoms with E-state index in [9.17, 15) is 73.5 Å². The van der Waals surface area contributed by atoms with Crippen LogP contribution in [0.1, 0.15) is 72.1 Å². The van der Waals surface area contributed by atoms with E-state index in [2.05, 4.69) is 47.5 Å². The van der Waals surface area contributed by atoms with Crippen LogP contribution in [0.25, 0.3) is 0 Å². The molecule has 0 aromatic rings. The molecule has 0 bridgehead atoms. The molecule has 2 aliphatic rings. The van der Waals surface area contributed by atoms with Gasteiger partial charge in [0.1, 0.15) is 42.3 Å². The number of guanidine groups is 1. The topological polar surface area (TPSA) is 436 Å². The Kier molecular flexibility index (Phi) is 22.3. The van der Waals surface area contributed by atoms with Gasteiger partial charge in [0.05, 0.1) is 31.4 Å². The lowest BCUT2D eigenvalue weighted by Crippen LogP contribution is -2.62. The minimum absolute atomic E-state index is 0.0163. The molecule has 27 nitrogen and oxygen atoms in total. The molecular weight excluding hydrogens is 852 g/mol. The lowest BCUT2D eigenvalue weighted by Gasteiger charge is -2.30. The molecule has 0 aromatic carbocycles. The molecule has 360 valence electrons. The van der Waals surface area contributed by atoms with Gasteiger partial charge in [-0.1, -0.05) is 0 Å². The Morgan fingerprint density at radius 3 is 1.91 bits per heavy atom. The normalized spacial score (nSPS) is 19.4. The molecule has 2 fully saturated rings. The minimum Gasteiger partial charge on any atom is -0.481 e. The standard InChI is InChI=1S/C37H62N12O15/c1-17(29(56)45-20(7-4-13-41-37(38)39)31(58)46-23(16-50)36(63)64)43-30(57)21(10-11-26(54)55)44-25(53)15-42-33(60)27(18(2)51)48-34(61)28(19(3)52)47-32(59)24-9-6-14-49(24)35(62)22-8-5-12-40-22/h17-24,27-28,40,50-52H,4-16H2,1-3H3,(H,42,60)(H,43,57)(H,44,53)(H,45,56)(H,46,58)(H,47,59)(H,48,61)(H,54,55)(H,63,64)(H4,38,39,41)/t17-,18+,19+,20-,21-,22-,23-,24-,27-,28-/m0/s1. The van der Waals surface area contributed by atoms with Gasteiger partial charge in [0, 0.05) is 19.5 Å². The smallest absolute Gasteiger partial charge is 0.328 e. The van der Waals surface area contributed by atoms with Crippen LogP contribution >= 0.6 is 0 Å². The molecule has 2 aliphatic heterocycles. The number of carboxylic acid groups (broad SMARTS) is 2. The Morgan fingerprint density at radius 1 is 0.734 bits per heavy atom. The predicted octanol–water partition coefficient (Wildman–Crippen LogP) is -7.47. The first kappa shape index (κ1) is 53.9. The highest BCUT2D eigenvalue weighted by Crippen LogP contribution is 2.21. The molecule has 0 radical (unpaired) electrons. The van der Waals surface area contributed by atoms with Crippen LogP contribution in [0.4, 0.5) is 0 Å². The number of nitrogens with one attached hydrogen (secondary N) is 8. The van der Waals surface area contributed by atoms with Crippen molar-refractivity contribution in [3.63, 3.8) is 0 Å². The summed E-state index contributed by atoms with van der Waals surface area (Å²) in [5.41, 5.74) is 10.6. The number of aliphatic hydroxyl groups is 3. The third kappa shape index (κ3) is 17.5. The quantitative estimate of drug-likeness (QED) is 0.0218. The van der Waals surface area contributed by atoms with Gasteiger partial charge in [0.2, 0.25) is 47.3 Å². The number of likely N-dealkylation sites (tertiary alicyclic amines) is 1. The van der Waals surface area contributed by atoms with Crippen LogP contribution < -0.4 is 54.0 Å². The van der Waals surface area contributed by atoms with Crippen molar-refractivity contribution >= 4 is 65.2 Å². The van der Waals surface area contributed by atoms with E-state index in [-0.39, 0.29) is 31.3 Å². The molecule has 64 heavy (non-hydrogen) atoms. The number of carbonyl (C=O) groups excluding carboxylic acids is 8. The summed E-state index contributed by atoms with van der Waals surface area (Å²) >= 11 is 0. The van der Waals surface area contributed by atoms with Crippen LogP contribution in [0.3, 0.4) is 0 Å². The van der Waals surface area contributed by atoms with Gasteiger partial charge in [0.15, 0.2) is 5.96 Å². The van der Waals surface area contributed by atoms with Gasteiger partial charge in [-0.15, -0.1) is 0 Å². The van der Waals surface area contributed by atoms with Crippen LogP contribution in [0.5, 0.6) is 0 Å². The van der Waals surface area contributed by atoms with E-state index < -0.39 is 140 Å². The number of nitrogens with zero attached hydrogens (tertiary/aromatic N) is 2. The van der Waals surface area contributed by atoms with Crippen molar-refractivity contribution in [2.45, 2.75) is 133 Å².